The first-order valence-electron chi connectivity index (χ1n) is 6.73. The summed E-state index contributed by atoms with van der Waals surface area (Å²) in [6, 6.07) is 15.2. The minimum absolute atomic E-state index is 0.321. The first-order valence-corrected chi connectivity index (χ1v) is 6.73. The van der Waals surface area contributed by atoms with Gasteiger partial charge < -0.3 is 10.4 Å². The summed E-state index contributed by atoms with van der Waals surface area (Å²) in [5.41, 5.74) is 3.65. The van der Waals surface area contributed by atoms with Gasteiger partial charge >= 0.3 is 5.97 Å². The second-order valence-corrected chi connectivity index (χ2v) is 5.10. The van der Waals surface area contributed by atoms with Gasteiger partial charge in [0.15, 0.2) is 0 Å². The second kappa shape index (κ2) is 6.24. The number of rotatable bonds is 5. The van der Waals surface area contributed by atoms with Crippen LogP contribution in [-0.2, 0) is 6.54 Å². The quantitative estimate of drug-likeness (QED) is 0.858. The fourth-order valence-electron chi connectivity index (χ4n) is 2.17. The molecule has 0 amide bonds. The van der Waals surface area contributed by atoms with E-state index in [1.165, 1.54) is 5.56 Å². The van der Waals surface area contributed by atoms with Crippen LogP contribution in [-0.4, -0.2) is 11.1 Å². The SMILES string of the molecule is CC(C)c1ccccc1NCc1cccc(C(=O)O)c1. The van der Waals surface area contributed by atoms with Crippen LogP contribution < -0.4 is 5.32 Å². The summed E-state index contributed by atoms with van der Waals surface area (Å²) in [5, 5.41) is 12.4. The Morgan fingerprint density at radius 2 is 1.90 bits per heavy atom. The molecule has 0 fully saturated rings. The first kappa shape index (κ1) is 14.1. The summed E-state index contributed by atoms with van der Waals surface area (Å²) < 4.78 is 0. The molecule has 20 heavy (non-hydrogen) atoms. The van der Waals surface area contributed by atoms with Gasteiger partial charge in [-0.05, 0) is 35.2 Å². The number of benzene rings is 2. The zero-order valence-corrected chi connectivity index (χ0v) is 11.8. The van der Waals surface area contributed by atoms with E-state index in [9.17, 15) is 4.79 Å². The predicted molar refractivity (Wildman–Crippen MR) is 81.3 cm³/mol. The molecule has 0 aromatic heterocycles. The Morgan fingerprint density at radius 3 is 2.60 bits per heavy atom. The number of hydrogen-bond acceptors (Lipinski definition) is 2. The van der Waals surface area contributed by atoms with E-state index in [0.717, 1.165) is 11.3 Å². The van der Waals surface area contributed by atoms with Crippen molar-refractivity contribution in [1.29, 1.82) is 0 Å². The molecule has 2 aromatic rings. The molecule has 0 bridgehead atoms. The van der Waals surface area contributed by atoms with E-state index in [-0.39, 0.29) is 0 Å². The first-order chi connectivity index (χ1) is 9.58. The molecule has 0 heterocycles. The Morgan fingerprint density at radius 1 is 1.15 bits per heavy atom. The predicted octanol–water partition coefficient (Wildman–Crippen LogP) is 4.12. The molecule has 0 saturated heterocycles. The van der Waals surface area contributed by atoms with Crippen molar-refractivity contribution >= 4 is 11.7 Å². The van der Waals surface area contributed by atoms with Gasteiger partial charge in [0.25, 0.3) is 0 Å². The average Bonchev–Trinajstić information content (AvgIpc) is 2.45. The van der Waals surface area contributed by atoms with Gasteiger partial charge in [-0.2, -0.15) is 0 Å². The highest BCUT2D eigenvalue weighted by Gasteiger charge is 2.06. The molecule has 0 spiro atoms. The molecular weight excluding hydrogens is 250 g/mol. The Labute approximate surface area is 119 Å². The summed E-state index contributed by atoms with van der Waals surface area (Å²) in [7, 11) is 0. The lowest BCUT2D eigenvalue weighted by atomic mass is 10.0. The molecule has 0 unspecified atom stereocenters. The van der Waals surface area contributed by atoms with Gasteiger partial charge in [-0.3, -0.25) is 0 Å². The Hall–Kier alpha value is -2.29. The van der Waals surface area contributed by atoms with Crippen LogP contribution in [0.25, 0.3) is 0 Å². The van der Waals surface area contributed by atoms with Crippen molar-refractivity contribution in [3.63, 3.8) is 0 Å². The molecule has 0 saturated carbocycles. The van der Waals surface area contributed by atoms with Crippen molar-refractivity contribution in [2.45, 2.75) is 26.3 Å². The monoisotopic (exact) mass is 269 g/mol. The molecule has 104 valence electrons. The highest BCUT2D eigenvalue weighted by Crippen LogP contribution is 2.24. The molecular formula is C17H19NO2. The van der Waals surface area contributed by atoms with Gasteiger partial charge in [-0.25, -0.2) is 4.79 Å². The van der Waals surface area contributed by atoms with Gasteiger partial charge in [0.1, 0.15) is 0 Å². The molecule has 0 aliphatic heterocycles. The van der Waals surface area contributed by atoms with E-state index in [1.807, 2.05) is 18.2 Å². The summed E-state index contributed by atoms with van der Waals surface area (Å²) in [6.07, 6.45) is 0. The van der Waals surface area contributed by atoms with E-state index in [4.69, 9.17) is 5.11 Å². The van der Waals surface area contributed by atoms with Crippen LogP contribution in [0.3, 0.4) is 0 Å². The Balaban J connectivity index is 2.13. The highest BCUT2D eigenvalue weighted by molar-refractivity contribution is 5.87. The zero-order chi connectivity index (χ0) is 14.5. The second-order valence-electron chi connectivity index (χ2n) is 5.10. The number of para-hydroxylation sites is 1. The lowest BCUT2D eigenvalue weighted by Gasteiger charge is -2.14. The molecule has 2 N–H and O–H groups in total. The van der Waals surface area contributed by atoms with E-state index in [0.29, 0.717) is 18.0 Å². The van der Waals surface area contributed by atoms with Crippen molar-refractivity contribution < 1.29 is 9.90 Å². The smallest absolute Gasteiger partial charge is 0.335 e. The van der Waals surface area contributed by atoms with Crippen LogP contribution in [0.5, 0.6) is 0 Å². The van der Waals surface area contributed by atoms with Gasteiger partial charge in [0.05, 0.1) is 5.56 Å². The maximum atomic E-state index is 11.0. The zero-order valence-electron chi connectivity index (χ0n) is 11.8. The maximum Gasteiger partial charge on any atom is 0.335 e. The molecule has 3 heteroatoms. The van der Waals surface area contributed by atoms with Gasteiger partial charge in [0.2, 0.25) is 0 Å². The lowest BCUT2D eigenvalue weighted by Crippen LogP contribution is -2.04. The van der Waals surface area contributed by atoms with Crippen LogP contribution in [0.2, 0.25) is 0 Å². The Bertz CT molecular complexity index is 605. The van der Waals surface area contributed by atoms with Gasteiger partial charge in [0, 0.05) is 12.2 Å². The van der Waals surface area contributed by atoms with Gasteiger partial charge in [-0.15, -0.1) is 0 Å². The fourth-order valence-corrected chi connectivity index (χ4v) is 2.17. The molecule has 3 nitrogen and oxygen atoms in total. The normalized spacial score (nSPS) is 10.6. The van der Waals surface area contributed by atoms with E-state index in [2.05, 4.69) is 31.3 Å². The van der Waals surface area contributed by atoms with Crippen molar-refractivity contribution in [2.75, 3.05) is 5.32 Å². The minimum Gasteiger partial charge on any atom is -0.478 e. The van der Waals surface area contributed by atoms with Crippen LogP contribution in [0.4, 0.5) is 5.69 Å². The van der Waals surface area contributed by atoms with Crippen LogP contribution in [0.15, 0.2) is 48.5 Å². The number of aromatic carboxylic acids is 1. The number of carbonyl (C=O) groups is 1. The van der Waals surface area contributed by atoms with Crippen LogP contribution in [0.1, 0.15) is 41.3 Å². The largest absolute Gasteiger partial charge is 0.478 e. The summed E-state index contributed by atoms with van der Waals surface area (Å²) in [4.78, 5) is 11.0. The van der Waals surface area contributed by atoms with Crippen molar-refractivity contribution in [3.8, 4) is 0 Å². The number of nitrogens with one attached hydrogen (secondary N) is 1. The summed E-state index contributed by atoms with van der Waals surface area (Å²) in [6.45, 7) is 4.93. The number of hydrogen-bond donors (Lipinski definition) is 2. The highest BCUT2D eigenvalue weighted by atomic mass is 16.4. The minimum atomic E-state index is -0.894. The third kappa shape index (κ3) is 3.38. The van der Waals surface area contributed by atoms with Crippen molar-refractivity contribution in [3.05, 3.63) is 65.2 Å². The van der Waals surface area contributed by atoms with Crippen LogP contribution in [0, 0.1) is 0 Å². The molecule has 0 aliphatic rings. The Kier molecular flexibility index (Phi) is 4.41. The maximum absolute atomic E-state index is 11.0. The number of anilines is 1. The standard InChI is InChI=1S/C17H19NO2/c1-12(2)15-8-3-4-9-16(15)18-11-13-6-5-7-14(10-13)17(19)20/h3-10,12,18H,11H2,1-2H3,(H,19,20). The van der Waals surface area contributed by atoms with Gasteiger partial charge in [-0.1, -0.05) is 44.2 Å². The molecule has 0 atom stereocenters. The van der Waals surface area contributed by atoms with E-state index < -0.39 is 5.97 Å². The molecule has 2 rings (SSSR count). The van der Waals surface area contributed by atoms with Crippen LogP contribution >= 0.6 is 0 Å². The average molecular weight is 269 g/mol. The van der Waals surface area contributed by atoms with Crippen molar-refractivity contribution in [1.82, 2.24) is 0 Å². The molecule has 0 radical (unpaired) electrons. The third-order valence-corrected chi connectivity index (χ3v) is 3.24. The third-order valence-electron chi connectivity index (χ3n) is 3.24. The fraction of sp³-hybridized carbons (Fsp3) is 0.235. The molecule has 2 aromatic carbocycles. The van der Waals surface area contributed by atoms with E-state index in [1.54, 1.807) is 18.2 Å². The molecule has 0 aliphatic carbocycles. The number of carboxylic acids is 1. The lowest BCUT2D eigenvalue weighted by molar-refractivity contribution is 0.0697. The number of carboxylic acid groups (broad SMARTS) is 1. The van der Waals surface area contributed by atoms with Crippen molar-refractivity contribution in [2.24, 2.45) is 0 Å². The topological polar surface area (TPSA) is 49.3 Å². The van der Waals surface area contributed by atoms with E-state index >= 15 is 0 Å². The summed E-state index contributed by atoms with van der Waals surface area (Å²) in [5.74, 6) is -0.446. The summed E-state index contributed by atoms with van der Waals surface area (Å²) >= 11 is 0.